The number of aliphatic hydroxyl groups is 1. The maximum absolute atomic E-state index is 9.12. The van der Waals surface area contributed by atoms with Crippen LogP contribution < -0.4 is 0 Å². The number of benzene rings is 1. The Hall–Kier alpha value is -2.07. The first-order valence-corrected chi connectivity index (χ1v) is 5.32. The maximum atomic E-state index is 9.12. The third kappa shape index (κ3) is 1.62. The Labute approximate surface area is 97.5 Å². The van der Waals surface area contributed by atoms with Crippen LogP contribution in [0.3, 0.4) is 0 Å². The zero-order chi connectivity index (χ0) is 11.8. The maximum Gasteiger partial charge on any atom is 0.195 e. The van der Waals surface area contributed by atoms with Crippen LogP contribution in [0.5, 0.6) is 0 Å². The molecule has 0 spiro atoms. The first-order chi connectivity index (χ1) is 8.28. The van der Waals surface area contributed by atoms with Crippen molar-refractivity contribution in [3.63, 3.8) is 0 Å². The number of aliphatic hydroxyl groups excluding tert-OH is 1. The van der Waals surface area contributed by atoms with Gasteiger partial charge in [0.1, 0.15) is 11.3 Å². The molecule has 0 saturated carbocycles. The quantitative estimate of drug-likeness (QED) is 0.734. The molecular formula is C13H11NO3. The zero-order valence-corrected chi connectivity index (χ0v) is 9.30. The lowest BCUT2D eigenvalue weighted by Gasteiger charge is -1.92. The van der Waals surface area contributed by atoms with Crippen molar-refractivity contribution in [3.05, 3.63) is 41.9 Å². The molecule has 0 saturated heterocycles. The molecular weight excluding hydrogens is 218 g/mol. The highest BCUT2D eigenvalue weighted by molar-refractivity contribution is 5.82. The topological polar surface area (TPSA) is 59.4 Å². The van der Waals surface area contributed by atoms with Gasteiger partial charge in [-0.2, -0.15) is 0 Å². The summed E-state index contributed by atoms with van der Waals surface area (Å²) in [5.74, 6) is 1.08. The fourth-order valence-electron chi connectivity index (χ4n) is 1.86. The fourth-order valence-corrected chi connectivity index (χ4v) is 1.86. The fraction of sp³-hybridized carbons (Fsp3) is 0.154. The van der Waals surface area contributed by atoms with Gasteiger partial charge in [0.05, 0.1) is 6.61 Å². The van der Waals surface area contributed by atoms with Crippen LogP contribution in [0, 0.1) is 6.92 Å². The molecule has 0 aliphatic rings. The van der Waals surface area contributed by atoms with Crippen LogP contribution in [-0.4, -0.2) is 10.1 Å². The third-order valence-electron chi connectivity index (χ3n) is 2.69. The Morgan fingerprint density at radius 1 is 1.29 bits per heavy atom. The summed E-state index contributed by atoms with van der Waals surface area (Å²) in [6, 6.07) is 7.84. The van der Waals surface area contributed by atoms with Crippen molar-refractivity contribution in [2.24, 2.45) is 0 Å². The summed E-state index contributed by atoms with van der Waals surface area (Å²) >= 11 is 0. The van der Waals surface area contributed by atoms with Gasteiger partial charge in [-0.25, -0.2) is 4.98 Å². The van der Waals surface area contributed by atoms with Crippen molar-refractivity contribution in [3.8, 4) is 11.5 Å². The number of hydrogen-bond donors (Lipinski definition) is 1. The summed E-state index contributed by atoms with van der Waals surface area (Å²) in [4.78, 5) is 3.92. The Morgan fingerprint density at radius 2 is 2.18 bits per heavy atom. The van der Waals surface area contributed by atoms with E-state index in [1.165, 1.54) is 12.0 Å². The first kappa shape index (κ1) is 10.1. The second-order valence-electron chi connectivity index (χ2n) is 3.94. The van der Waals surface area contributed by atoms with Gasteiger partial charge in [0, 0.05) is 5.39 Å². The van der Waals surface area contributed by atoms with E-state index in [4.69, 9.17) is 13.9 Å². The summed E-state index contributed by atoms with van der Waals surface area (Å²) in [7, 11) is 0. The standard InChI is InChI=1S/C13H11NO3/c1-8-2-3-11-9(4-8)5-12(17-11)13-10(6-15)14-7-16-13/h2-5,7,15H,6H2,1H3. The second kappa shape index (κ2) is 3.75. The van der Waals surface area contributed by atoms with Gasteiger partial charge < -0.3 is 13.9 Å². The number of fused-ring (bicyclic) bond motifs is 1. The molecule has 0 atom stereocenters. The lowest BCUT2D eigenvalue weighted by molar-refractivity contribution is 0.277. The molecule has 0 amide bonds. The van der Waals surface area contributed by atoms with Gasteiger partial charge in [0.25, 0.3) is 0 Å². The molecule has 0 bridgehead atoms. The number of aryl methyl sites for hydroxylation is 1. The minimum Gasteiger partial charge on any atom is -0.453 e. The monoisotopic (exact) mass is 229 g/mol. The number of hydrogen-bond acceptors (Lipinski definition) is 4. The molecule has 0 radical (unpaired) electrons. The van der Waals surface area contributed by atoms with Gasteiger partial charge in [-0.05, 0) is 25.1 Å². The Morgan fingerprint density at radius 3 is 3.00 bits per heavy atom. The van der Waals surface area contributed by atoms with Crippen molar-refractivity contribution in [1.82, 2.24) is 4.98 Å². The molecule has 2 heterocycles. The van der Waals surface area contributed by atoms with Crippen molar-refractivity contribution in [2.45, 2.75) is 13.5 Å². The van der Waals surface area contributed by atoms with E-state index in [2.05, 4.69) is 4.98 Å². The van der Waals surface area contributed by atoms with E-state index in [9.17, 15) is 0 Å². The van der Waals surface area contributed by atoms with Crippen LogP contribution >= 0.6 is 0 Å². The van der Waals surface area contributed by atoms with Crippen LogP contribution in [0.4, 0.5) is 0 Å². The van der Waals surface area contributed by atoms with Gasteiger partial charge in [-0.1, -0.05) is 11.6 Å². The van der Waals surface area contributed by atoms with Crippen LogP contribution in [-0.2, 0) is 6.61 Å². The van der Waals surface area contributed by atoms with E-state index in [1.54, 1.807) is 0 Å². The lowest BCUT2D eigenvalue weighted by atomic mass is 10.2. The zero-order valence-electron chi connectivity index (χ0n) is 9.30. The van der Waals surface area contributed by atoms with E-state index >= 15 is 0 Å². The molecule has 0 unspecified atom stereocenters. The minimum atomic E-state index is -0.165. The third-order valence-corrected chi connectivity index (χ3v) is 2.69. The van der Waals surface area contributed by atoms with Gasteiger partial charge in [-0.15, -0.1) is 0 Å². The summed E-state index contributed by atoms with van der Waals surface area (Å²) in [5.41, 5.74) is 2.46. The van der Waals surface area contributed by atoms with Crippen LogP contribution in [0.1, 0.15) is 11.3 Å². The predicted molar refractivity (Wildman–Crippen MR) is 62.4 cm³/mol. The Kier molecular flexibility index (Phi) is 2.23. The van der Waals surface area contributed by atoms with Crippen molar-refractivity contribution in [1.29, 1.82) is 0 Å². The highest BCUT2D eigenvalue weighted by Crippen LogP contribution is 2.30. The van der Waals surface area contributed by atoms with Gasteiger partial charge in [-0.3, -0.25) is 0 Å². The largest absolute Gasteiger partial charge is 0.453 e. The summed E-state index contributed by atoms with van der Waals surface area (Å²) in [5, 5.41) is 10.1. The predicted octanol–water partition coefficient (Wildman–Crippen LogP) is 2.89. The highest BCUT2D eigenvalue weighted by Gasteiger charge is 2.14. The van der Waals surface area contributed by atoms with Gasteiger partial charge in [0.2, 0.25) is 0 Å². The lowest BCUT2D eigenvalue weighted by Crippen LogP contribution is -1.84. The smallest absolute Gasteiger partial charge is 0.195 e. The van der Waals surface area contributed by atoms with Gasteiger partial charge in [0.15, 0.2) is 17.9 Å². The SMILES string of the molecule is Cc1ccc2oc(-c3ocnc3CO)cc2c1. The normalized spacial score (nSPS) is 11.2. The van der Waals surface area contributed by atoms with Crippen molar-refractivity contribution in [2.75, 3.05) is 0 Å². The molecule has 3 rings (SSSR count). The number of aromatic nitrogens is 1. The number of rotatable bonds is 2. The number of oxazole rings is 1. The molecule has 1 aromatic carbocycles. The van der Waals surface area contributed by atoms with Crippen molar-refractivity contribution < 1.29 is 13.9 Å². The molecule has 0 aliphatic heterocycles. The van der Waals surface area contributed by atoms with Gasteiger partial charge >= 0.3 is 0 Å². The average Bonchev–Trinajstić information content (AvgIpc) is 2.93. The molecule has 4 heteroatoms. The summed E-state index contributed by atoms with van der Waals surface area (Å²) in [6.45, 7) is 1.86. The first-order valence-electron chi connectivity index (χ1n) is 5.32. The summed E-state index contributed by atoms with van der Waals surface area (Å²) < 4.78 is 10.9. The van der Waals surface area contributed by atoms with E-state index < -0.39 is 0 Å². The van der Waals surface area contributed by atoms with E-state index in [0.29, 0.717) is 17.2 Å². The molecule has 4 nitrogen and oxygen atoms in total. The molecule has 3 aromatic rings. The summed E-state index contributed by atoms with van der Waals surface area (Å²) in [6.07, 6.45) is 1.30. The van der Waals surface area contributed by atoms with Crippen LogP contribution in [0.25, 0.3) is 22.5 Å². The van der Waals surface area contributed by atoms with E-state index in [-0.39, 0.29) is 6.61 Å². The average molecular weight is 229 g/mol. The molecule has 2 aromatic heterocycles. The second-order valence-corrected chi connectivity index (χ2v) is 3.94. The Balaban J connectivity index is 2.18. The minimum absolute atomic E-state index is 0.165. The van der Waals surface area contributed by atoms with Crippen LogP contribution in [0.15, 0.2) is 39.5 Å². The molecule has 17 heavy (non-hydrogen) atoms. The number of furan rings is 1. The molecule has 86 valence electrons. The number of nitrogens with zero attached hydrogens (tertiary/aromatic N) is 1. The molecule has 0 aliphatic carbocycles. The van der Waals surface area contributed by atoms with E-state index in [0.717, 1.165) is 11.0 Å². The Bertz CT molecular complexity index is 666. The van der Waals surface area contributed by atoms with E-state index in [1.807, 2.05) is 31.2 Å². The molecule has 0 fully saturated rings. The highest BCUT2D eigenvalue weighted by atomic mass is 16.4. The van der Waals surface area contributed by atoms with Crippen LogP contribution in [0.2, 0.25) is 0 Å². The molecule has 1 N–H and O–H groups in total. The van der Waals surface area contributed by atoms with Crippen molar-refractivity contribution >= 4 is 11.0 Å².